The Bertz CT molecular complexity index is 694. The Kier molecular flexibility index (Phi) is 2.72. The number of rotatable bonds is 2. The number of nitrogens with zero attached hydrogens (tertiary/aromatic N) is 6. The number of imide groups is 2. The zero-order chi connectivity index (χ0) is 15.0. The van der Waals surface area contributed by atoms with Gasteiger partial charge in [-0.15, -0.1) is 15.3 Å². The maximum absolute atomic E-state index is 11.3. The van der Waals surface area contributed by atoms with Crippen molar-refractivity contribution >= 4 is 35.5 Å². The Labute approximate surface area is 116 Å². The quantitative estimate of drug-likeness (QED) is 0.612. The van der Waals surface area contributed by atoms with E-state index in [-0.39, 0.29) is 11.9 Å². The van der Waals surface area contributed by atoms with E-state index in [4.69, 9.17) is 0 Å². The van der Waals surface area contributed by atoms with E-state index in [2.05, 4.69) is 25.7 Å². The van der Waals surface area contributed by atoms with Gasteiger partial charge in [-0.1, -0.05) is 0 Å². The first kappa shape index (κ1) is 12.5. The van der Waals surface area contributed by atoms with Crippen LogP contribution < -0.4 is 5.43 Å². The van der Waals surface area contributed by atoms with Gasteiger partial charge in [0.25, 0.3) is 35.5 Å². The summed E-state index contributed by atoms with van der Waals surface area (Å²) in [5.41, 5.74) is 2.33. The molecule has 0 spiro atoms. The van der Waals surface area contributed by atoms with Crippen LogP contribution in [0.3, 0.4) is 0 Å². The van der Waals surface area contributed by atoms with Crippen molar-refractivity contribution in [3.63, 3.8) is 0 Å². The molecule has 0 saturated carbocycles. The van der Waals surface area contributed by atoms with Crippen LogP contribution in [-0.2, 0) is 19.2 Å². The predicted octanol–water partition coefficient (Wildman–Crippen LogP) is -1.57. The second kappa shape index (κ2) is 4.56. The van der Waals surface area contributed by atoms with E-state index in [1.807, 2.05) is 0 Å². The van der Waals surface area contributed by atoms with Crippen LogP contribution in [0.2, 0.25) is 0 Å². The molecule has 3 aliphatic heterocycles. The molecule has 0 saturated heterocycles. The van der Waals surface area contributed by atoms with E-state index in [1.54, 1.807) is 0 Å². The number of carbonyl (C=O) groups excluding carboxylic acids is 4. The third-order valence-electron chi connectivity index (χ3n) is 2.44. The second-order valence-corrected chi connectivity index (χ2v) is 3.81. The summed E-state index contributed by atoms with van der Waals surface area (Å²) in [5, 5.41) is 11.9. The lowest BCUT2D eigenvalue weighted by molar-refractivity contribution is -0.139. The van der Waals surface area contributed by atoms with Crippen molar-refractivity contribution in [1.29, 1.82) is 0 Å². The van der Waals surface area contributed by atoms with Gasteiger partial charge in [-0.25, -0.2) is 0 Å². The first-order chi connectivity index (χ1) is 10.0. The molecule has 3 heterocycles. The molecule has 0 unspecified atom stereocenters. The minimum absolute atomic E-state index is 0.175. The standard InChI is InChI=1S/C10H5N7O4/c18-5-1-2-6(19)16(5)14-9-11-10(13-12-9)15-17-7(20)3-4-8(17)21/h1-4H,(H,11,14,15). The molecular weight excluding hydrogens is 282 g/mol. The molecule has 0 fully saturated rings. The van der Waals surface area contributed by atoms with Gasteiger partial charge in [0.15, 0.2) is 0 Å². The Morgan fingerprint density at radius 2 is 1.43 bits per heavy atom. The van der Waals surface area contributed by atoms with Crippen LogP contribution in [0.5, 0.6) is 0 Å². The number of guanidine groups is 2. The molecule has 3 aliphatic rings. The fourth-order valence-corrected chi connectivity index (χ4v) is 1.51. The van der Waals surface area contributed by atoms with Crippen LogP contribution in [-0.4, -0.2) is 45.6 Å². The summed E-state index contributed by atoms with van der Waals surface area (Å²) >= 11 is 0. The molecule has 1 N–H and O–H groups in total. The maximum atomic E-state index is 11.3. The fraction of sp³-hybridized carbons (Fsp3) is 0. The van der Waals surface area contributed by atoms with Crippen molar-refractivity contribution < 1.29 is 19.2 Å². The largest absolute Gasteiger partial charge is 0.289 e. The Morgan fingerprint density at radius 3 is 2.05 bits per heavy atom. The highest BCUT2D eigenvalue weighted by atomic mass is 16.2. The lowest BCUT2D eigenvalue weighted by atomic mass is 10.6. The van der Waals surface area contributed by atoms with Gasteiger partial charge < -0.3 is 0 Å². The average Bonchev–Trinajstić information content (AvgIpc) is 3.11. The first-order valence-corrected chi connectivity index (χ1v) is 5.52. The topological polar surface area (TPSA) is 136 Å². The third-order valence-corrected chi connectivity index (χ3v) is 2.44. The van der Waals surface area contributed by atoms with Crippen LogP contribution in [0, 0.1) is 0 Å². The van der Waals surface area contributed by atoms with E-state index < -0.39 is 23.6 Å². The lowest BCUT2D eigenvalue weighted by Crippen LogP contribution is -2.45. The highest BCUT2D eigenvalue weighted by Gasteiger charge is 2.27. The van der Waals surface area contributed by atoms with Gasteiger partial charge in [0.2, 0.25) is 0 Å². The van der Waals surface area contributed by atoms with Gasteiger partial charge in [0.05, 0.1) is 0 Å². The van der Waals surface area contributed by atoms with E-state index in [0.29, 0.717) is 10.0 Å². The van der Waals surface area contributed by atoms with Gasteiger partial charge in [-0.3, -0.25) is 24.6 Å². The smallest absolute Gasteiger partial charge is 0.267 e. The van der Waals surface area contributed by atoms with Gasteiger partial charge in [0.1, 0.15) is 0 Å². The number of hydrogen-bond acceptors (Lipinski definition) is 7. The molecule has 0 aromatic carbocycles. The fourth-order valence-electron chi connectivity index (χ4n) is 1.51. The van der Waals surface area contributed by atoms with Crippen molar-refractivity contribution in [2.24, 2.45) is 20.3 Å². The second-order valence-electron chi connectivity index (χ2n) is 3.81. The molecule has 11 nitrogen and oxygen atoms in total. The van der Waals surface area contributed by atoms with Crippen molar-refractivity contribution in [2.45, 2.75) is 0 Å². The summed E-state index contributed by atoms with van der Waals surface area (Å²) in [6.07, 6.45) is 4.25. The summed E-state index contributed by atoms with van der Waals surface area (Å²) < 4.78 is 0. The van der Waals surface area contributed by atoms with Gasteiger partial charge in [0, 0.05) is 24.3 Å². The predicted molar refractivity (Wildman–Crippen MR) is 64.8 cm³/mol. The molecule has 0 aromatic rings. The third kappa shape index (κ3) is 2.22. The Balaban J connectivity index is 1.72. The summed E-state index contributed by atoms with van der Waals surface area (Å²) in [6.45, 7) is 0. The number of azo groups is 1. The normalized spacial score (nSPS) is 22.3. The van der Waals surface area contributed by atoms with Gasteiger partial charge in [-0.2, -0.15) is 15.0 Å². The number of amides is 4. The number of carbonyl (C=O) groups is 4. The highest BCUT2D eigenvalue weighted by molar-refractivity contribution is 6.15. The summed E-state index contributed by atoms with van der Waals surface area (Å²) in [7, 11) is 0. The van der Waals surface area contributed by atoms with Crippen molar-refractivity contribution in [2.75, 3.05) is 0 Å². The molecule has 104 valence electrons. The van der Waals surface area contributed by atoms with Crippen LogP contribution in [0.4, 0.5) is 0 Å². The van der Waals surface area contributed by atoms with E-state index in [0.717, 1.165) is 24.3 Å². The van der Waals surface area contributed by atoms with Gasteiger partial charge >= 0.3 is 0 Å². The Morgan fingerprint density at radius 1 is 0.857 bits per heavy atom. The molecular formula is C10H5N7O4. The van der Waals surface area contributed by atoms with E-state index in [1.165, 1.54) is 0 Å². The number of hydrazine groups is 1. The van der Waals surface area contributed by atoms with Crippen molar-refractivity contribution in [3.05, 3.63) is 24.3 Å². The monoisotopic (exact) mass is 287 g/mol. The van der Waals surface area contributed by atoms with Crippen LogP contribution in [0.1, 0.15) is 0 Å². The SMILES string of the molecule is O=C1C=CC(=O)N1N=C1N=NC(NN2C(=O)C=CC2=O)=N1. The first-order valence-electron chi connectivity index (χ1n) is 5.52. The number of hydrazone groups is 1. The summed E-state index contributed by atoms with van der Waals surface area (Å²) in [4.78, 5) is 48.9. The number of hydrogen-bond donors (Lipinski definition) is 1. The van der Waals surface area contributed by atoms with Gasteiger partial charge in [-0.05, 0) is 0 Å². The Hall–Kier alpha value is -3.50. The van der Waals surface area contributed by atoms with E-state index in [9.17, 15) is 19.2 Å². The molecule has 0 aromatic heterocycles. The molecule has 0 radical (unpaired) electrons. The molecule has 0 bridgehead atoms. The minimum atomic E-state index is -0.631. The molecule has 11 heteroatoms. The molecule has 0 aliphatic carbocycles. The van der Waals surface area contributed by atoms with Crippen molar-refractivity contribution in [1.82, 2.24) is 15.4 Å². The van der Waals surface area contributed by atoms with Crippen LogP contribution in [0.15, 0.2) is 44.6 Å². The number of aliphatic imine (C=N–C) groups is 1. The maximum Gasteiger partial charge on any atom is 0.289 e. The summed E-state index contributed by atoms with van der Waals surface area (Å²) in [5.74, 6) is -2.88. The van der Waals surface area contributed by atoms with E-state index >= 15 is 0 Å². The zero-order valence-electron chi connectivity index (χ0n) is 10.1. The highest BCUT2D eigenvalue weighted by Crippen LogP contribution is 2.08. The molecule has 4 amide bonds. The lowest BCUT2D eigenvalue weighted by Gasteiger charge is -2.12. The number of nitrogens with one attached hydrogen (secondary N) is 1. The molecule has 21 heavy (non-hydrogen) atoms. The van der Waals surface area contributed by atoms with Crippen molar-refractivity contribution in [3.8, 4) is 0 Å². The minimum Gasteiger partial charge on any atom is -0.267 e. The van der Waals surface area contributed by atoms with Crippen LogP contribution >= 0.6 is 0 Å². The summed E-state index contributed by atoms with van der Waals surface area (Å²) in [6, 6.07) is 0. The molecule has 0 atom stereocenters. The van der Waals surface area contributed by atoms with Crippen LogP contribution in [0.25, 0.3) is 0 Å². The molecule has 3 rings (SSSR count). The zero-order valence-corrected chi connectivity index (χ0v) is 10.1. The average molecular weight is 287 g/mol.